The van der Waals surface area contributed by atoms with E-state index in [1.165, 1.54) is 38.0 Å². The van der Waals surface area contributed by atoms with E-state index in [1.807, 2.05) is 13.0 Å². The average Bonchev–Trinajstić information content (AvgIpc) is 3.24. The van der Waals surface area contributed by atoms with Gasteiger partial charge in [0.1, 0.15) is 10.6 Å². The molecule has 0 spiro atoms. The van der Waals surface area contributed by atoms with Crippen molar-refractivity contribution in [2.45, 2.75) is 25.2 Å². The number of sulfonamides is 1. The van der Waals surface area contributed by atoms with Gasteiger partial charge >= 0.3 is 0 Å². The first-order valence-electron chi connectivity index (χ1n) is 9.00. The second-order valence-electron chi connectivity index (χ2n) is 6.78. The number of carbonyl (C=O) groups is 2. The highest BCUT2D eigenvalue weighted by Gasteiger charge is 2.32. The maximum absolute atomic E-state index is 12.9. The molecule has 2 N–H and O–H groups in total. The molecule has 152 valence electrons. The molecule has 0 bridgehead atoms. The van der Waals surface area contributed by atoms with E-state index >= 15 is 0 Å². The summed E-state index contributed by atoms with van der Waals surface area (Å²) in [5, 5.41) is 0. The van der Waals surface area contributed by atoms with Gasteiger partial charge in [-0.15, -0.1) is 11.3 Å². The number of carbonyl (C=O) groups excluding carboxylic acids is 2. The van der Waals surface area contributed by atoms with Crippen molar-refractivity contribution < 1.29 is 18.0 Å². The summed E-state index contributed by atoms with van der Waals surface area (Å²) in [6.07, 6.45) is 2.26. The lowest BCUT2D eigenvalue weighted by Gasteiger charge is -2.33. The van der Waals surface area contributed by atoms with Gasteiger partial charge in [0.05, 0.1) is 4.88 Å². The second kappa shape index (κ2) is 7.69. The average molecular weight is 425 g/mol. The molecule has 28 heavy (non-hydrogen) atoms. The van der Waals surface area contributed by atoms with Gasteiger partial charge in [-0.25, -0.2) is 8.42 Å². The van der Waals surface area contributed by atoms with Gasteiger partial charge in [-0.2, -0.15) is 4.31 Å². The van der Waals surface area contributed by atoms with Gasteiger partial charge in [0.25, 0.3) is 11.8 Å². The van der Waals surface area contributed by atoms with Crippen LogP contribution in [0.5, 0.6) is 0 Å². The minimum Gasteiger partial charge on any atom is -0.364 e. The van der Waals surface area contributed by atoms with Crippen molar-refractivity contribution in [1.82, 2.24) is 13.8 Å². The summed E-state index contributed by atoms with van der Waals surface area (Å²) < 4.78 is 28.5. The van der Waals surface area contributed by atoms with Crippen LogP contribution in [0.3, 0.4) is 0 Å². The van der Waals surface area contributed by atoms with Crippen LogP contribution in [-0.4, -0.2) is 60.2 Å². The number of rotatable bonds is 5. The Kier molecular flexibility index (Phi) is 5.64. The Balaban J connectivity index is 1.71. The number of hydrogen-bond donors (Lipinski definition) is 1. The topological polar surface area (TPSA) is 106 Å². The zero-order valence-electron chi connectivity index (χ0n) is 16.1. The Bertz CT molecular complexity index is 1010. The standard InChI is InChI=1S/C18H24N4O4S2/c1-4-13-9-16(27-12(13)2)18(24)21-5-7-22(8-6-21)28(25,26)14-10-15(17(19)23)20(3)11-14/h9-11H,4-8H2,1-3H3,(H2,19,23). The van der Waals surface area contributed by atoms with Crippen LogP contribution < -0.4 is 5.73 Å². The number of nitrogens with two attached hydrogens (primary N) is 1. The molecule has 0 radical (unpaired) electrons. The molecule has 8 nitrogen and oxygen atoms in total. The molecule has 2 aromatic heterocycles. The van der Waals surface area contributed by atoms with Crippen LogP contribution in [0, 0.1) is 6.92 Å². The summed E-state index contributed by atoms with van der Waals surface area (Å²) in [4.78, 5) is 27.7. The molecule has 1 aliphatic heterocycles. The Morgan fingerprint density at radius 2 is 1.82 bits per heavy atom. The molecule has 1 fully saturated rings. The lowest BCUT2D eigenvalue weighted by atomic mass is 10.2. The SMILES string of the molecule is CCc1cc(C(=O)N2CCN(S(=O)(=O)c3cc(C(N)=O)n(C)c3)CC2)sc1C. The molecule has 2 amide bonds. The maximum atomic E-state index is 12.9. The van der Waals surface area contributed by atoms with Crippen LogP contribution in [0.1, 0.15) is 37.5 Å². The zero-order chi connectivity index (χ0) is 20.6. The van der Waals surface area contributed by atoms with E-state index in [0.717, 1.165) is 11.3 Å². The van der Waals surface area contributed by atoms with E-state index in [1.54, 1.807) is 11.9 Å². The third-order valence-electron chi connectivity index (χ3n) is 5.01. The molecule has 3 heterocycles. The van der Waals surface area contributed by atoms with E-state index in [-0.39, 0.29) is 29.6 Å². The van der Waals surface area contributed by atoms with Crippen molar-refractivity contribution >= 4 is 33.2 Å². The predicted octanol–water partition coefficient (Wildman–Crippen LogP) is 1.20. The van der Waals surface area contributed by atoms with Gasteiger partial charge in [-0.1, -0.05) is 6.92 Å². The Labute approximate surface area is 168 Å². The van der Waals surface area contributed by atoms with E-state index in [9.17, 15) is 18.0 Å². The minimum absolute atomic E-state index is 0.0324. The largest absolute Gasteiger partial charge is 0.364 e. The van der Waals surface area contributed by atoms with Crippen molar-refractivity contribution in [3.8, 4) is 0 Å². The monoisotopic (exact) mass is 424 g/mol. The third-order valence-corrected chi connectivity index (χ3v) is 7.95. The number of piperazine rings is 1. The van der Waals surface area contributed by atoms with E-state index in [2.05, 4.69) is 6.92 Å². The normalized spacial score (nSPS) is 15.8. The molecule has 0 unspecified atom stereocenters. The van der Waals surface area contributed by atoms with Crippen molar-refractivity contribution in [2.75, 3.05) is 26.2 Å². The molecule has 2 aromatic rings. The van der Waals surface area contributed by atoms with Crippen LogP contribution in [0.15, 0.2) is 23.2 Å². The van der Waals surface area contributed by atoms with Gasteiger partial charge in [0, 0.05) is 44.3 Å². The Hall–Kier alpha value is -2.17. The van der Waals surface area contributed by atoms with E-state index in [0.29, 0.717) is 18.0 Å². The Morgan fingerprint density at radius 1 is 1.18 bits per heavy atom. The molecule has 1 saturated heterocycles. The molecule has 1 aliphatic rings. The molecule has 0 aliphatic carbocycles. The highest BCUT2D eigenvalue weighted by molar-refractivity contribution is 7.89. The van der Waals surface area contributed by atoms with E-state index < -0.39 is 15.9 Å². The molecule has 0 atom stereocenters. The van der Waals surface area contributed by atoms with Gasteiger partial charge < -0.3 is 15.2 Å². The number of hydrogen-bond acceptors (Lipinski definition) is 5. The first-order valence-corrected chi connectivity index (χ1v) is 11.3. The first kappa shape index (κ1) is 20.6. The number of nitrogens with zero attached hydrogens (tertiary/aromatic N) is 3. The van der Waals surface area contributed by atoms with Crippen LogP contribution in [0.4, 0.5) is 0 Å². The van der Waals surface area contributed by atoms with Crippen LogP contribution in [-0.2, 0) is 23.5 Å². The quantitative estimate of drug-likeness (QED) is 0.778. The number of amides is 2. The van der Waals surface area contributed by atoms with E-state index in [4.69, 9.17) is 5.73 Å². The molecule has 10 heteroatoms. The molecular weight excluding hydrogens is 400 g/mol. The Morgan fingerprint density at radius 3 is 2.32 bits per heavy atom. The summed E-state index contributed by atoms with van der Waals surface area (Å²) in [5.74, 6) is -0.738. The number of aromatic nitrogens is 1. The fraction of sp³-hybridized carbons (Fsp3) is 0.444. The smallest absolute Gasteiger partial charge is 0.265 e. The van der Waals surface area contributed by atoms with Gasteiger partial charge in [0.2, 0.25) is 10.0 Å². The van der Waals surface area contributed by atoms with Gasteiger partial charge in [0.15, 0.2) is 0 Å². The number of aryl methyl sites for hydroxylation is 3. The minimum atomic E-state index is -3.75. The molecule has 3 rings (SSSR count). The van der Waals surface area contributed by atoms with Crippen LogP contribution >= 0.6 is 11.3 Å². The molecule has 0 aromatic carbocycles. The zero-order valence-corrected chi connectivity index (χ0v) is 17.8. The van der Waals surface area contributed by atoms with Gasteiger partial charge in [-0.3, -0.25) is 9.59 Å². The summed E-state index contributed by atoms with van der Waals surface area (Å²) in [6.45, 7) is 5.13. The fourth-order valence-electron chi connectivity index (χ4n) is 3.33. The highest BCUT2D eigenvalue weighted by Crippen LogP contribution is 2.25. The lowest BCUT2D eigenvalue weighted by Crippen LogP contribution is -2.50. The summed E-state index contributed by atoms with van der Waals surface area (Å²) in [5.41, 5.74) is 6.57. The number of thiophene rings is 1. The van der Waals surface area contributed by atoms with Crippen molar-refractivity contribution in [3.05, 3.63) is 39.3 Å². The highest BCUT2D eigenvalue weighted by atomic mass is 32.2. The van der Waals surface area contributed by atoms with Gasteiger partial charge in [-0.05, 0) is 31.0 Å². The van der Waals surface area contributed by atoms with Crippen molar-refractivity contribution in [1.29, 1.82) is 0 Å². The lowest BCUT2D eigenvalue weighted by molar-refractivity contribution is 0.0702. The third kappa shape index (κ3) is 3.71. The maximum Gasteiger partial charge on any atom is 0.265 e. The summed E-state index contributed by atoms with van der Waals surface area (Å²) in [6, 6.07) is 3.22. The van der Waals surface area contributed by atoms with Crippen molar-refractivity contribution in [3.63, 3.8) is 0 Å². The second-order valence-corrected chi connectivity index (χ2v) is 9.97. The summed E-state index contributed by atoms with van der Waals surface area (Å²) in [7, 11) is -2.18. The van der Waals surface area contributed by atoms with Crippen molar-refractivity contribution in [2.24, 2.45) is 12.8 Å². The fourth-order valence-corrected chi connectivity index (χ4v) is 5.91. The van der Waals surface area contributed by atoms with Crippen LogP contribution in [0.2, 0.25) is 0 Å². The predicted molar refractivity (Wildman–Crippen MR) is 107 cm³/mol. The number of primary amides is 1. The molecule has 0 saturated carbocycles. The summed E-state index contributed by atoms with van der Waals surface area (Å²) >= 11 is 1.48. The first-order chi connectivity index (χ1) is 13.1. The molecular formula is C18H24N4O4S2. The van der Waals surface area contributed by atoms with Crippen LogP contribution in [0.25, 0.3) is 0 Å².